The topological polar surface area (TPSA) is 24.1 Å². The molecule has 0 heterocycles. The van der Waals surface area contributed by atoms with Crippen LogP contribution in [0.25, 0.3) is 5.57 Å². The molecule has 0 unspecified atom stereocenters. The maximum absolute atomic E-state index is 5.20. The van der Waals surface area contributed by atoms with Crippen LogP contribution in [0.4, 0.5) is 5.69 Å². The molecule has 0 bridgehead atoms. The van der Waals surface area contributed by atoms with Gasteiger partial charge in [0.2, 0.25) is 0 Å². The van der Waals surface area contributed by atoms with E-state index in [0.717, 1.165) is 12.1 Å². The number of hydrogen-bond donors (Lipinski definition) is 2. The van der Waals surface area contributed by atoms with E-state index in [9.17, 15) is 0 Å². The second kappa shape index (κ2) is 9.72. The molecule has 110 valence electrons. The third-order valence-corrected chi connectivity index (χ3v) is 2.98. The highest BCUT2D eigenvalue weighted by atomic mass is 32.1. The van der Waals surface area contributed by atoms with Crippen molar-refractivity contribution in [2.24, 2.45) is 0 Å². The van der Waals surface area contributed by atoms with Crippen LogP contribution in [0.2, 0.25) is 0 Å². The van der Waals surface area contributed by atoms with Gasteiger partial charge in [-0.3, -0.25) is 0 Å². The van der Waals surface area contributed by atoms with E-state index in [1.54, 1.807) is 6.08 Å². The average molecular weight is 298 g/mol. The van der Waals surface area contributed by atoms with E-state index in [2.05, 4.69) is 49.3 Å². The van der Waals surface area contributed by atoms with Crippen LogP contribution in [0.5, 0.6) is 0 Å². The monoisotopic (exact) mass is 298 g/mol. The lowest BCUT2D eigenvalue weighted by atomic mass is 10.1. The second-order valence-corrected chi connectivity index (χ2v) is 4.86. The van der Waals surface area contributed by atoms with Gasteiger partial charge in [-0.1, -0.05) is 56.0 Å². The molecule has 1 aromatic carbocycles. The summed E-state index contributed by atoms with van der Waals surface area (Å²) in [4.78, 5) is 0. The average Bonchev–Trinajstić information content (AvgIpc) is 2.48. The van der Waals surface area contributed by atoms with Gasteiger partial charge in [0, 0.05) is 5.69 Å². The van der Waals surface area contributed by atoms with Gasteiger partial charge in [0.25, 0.3) is 0 Å². The number of benzene rings is 1. The molecule has 0 atom stereocenters. The number of allylic oxidation sites excluding steroid dienone is 6. The summed E-state index contributed by atoms with van der Waals surface area (Å²) in [6, 6.07) is 8.17. The van der Waals surface area contributed by atoms with Crippen LogP contribution in [-0.2, 0) is 0 Å². The number of hydrogen-bond acceptors (Lipinski definition) is 1. The standard InChI is InChI=1S/C18H22N2S/c1-4-6-8-9-15(3)16-10-12-17(13-11-16)20-18(21)19-14-7-5-2/h4,6-14H,1,5H2,2-3H3,(H2,19,20,21)/b8-6-,14-7-,15-9+. The Balaban J connectivity index is 2.63. The van der Waals surface area contributed by atoms with Crippen LogP contribution < -0.4 is 10.6 Å². The Labute approximate surface area is 133 Å². The van der Waals surface area contributed by atoms with Gasteiger partial charge in [-0.2, -0.15) is 0 Å². The zero-order chi connectivity index (χ0) is 15.5. The lowest BCUT2D eigenvalue weighted by Gasteiger charge is -2.08. The molecule has 0 amide bonds. The molecular formula is C18H22N2S. The Kier molecular flexibility index (Phi) is 7.84. The Hall–Kier alpha value is -2.13. The highest BCUT2D eigenvalue weighted by Gasteiger charge is 1.97. The predicted molar refractivity (Wildman–Crippen MR) is 98.2 cm³/mol. The van der Waals surface area contributed by atoms with Crippen molar-refractivity contribution >= 4 is 28.6 Å². The minimum atomic E-state index is 0.591. The van der Waals surface area contributed by atoms with Crippen molar-refractivity contribution in [2.45, 2.75) is 20.3 Å². The summed E-state index contributed by atoms with van der Waals surface area (Å²) in [7, 11) is 0. The maximum Gasteiger partial charge on any atom is 0.174 e. The minimum absolute atomic E-state index is 0.591. The van der Waals surface area contributed by atoms with E-state index < -0.39 is 0 Å². The van der Waals surface area contributed by atoms with Gasteiger partial charge in [-0.15, -0.1) is 0 Å². The normalized spacial score (nSPS) is 11.8. The molecule has 2 nitrogen and oxygen atoms in total. The number of anilines is 1. The van der Waals surface area contributed by atoms with Crippen LogP contribution in [0.1, 0.15) is 25.8 Å². The summed E-state index contributed by atoms with van der Waals surface area (Å²) in [6.07, 6.45) is 12.6. The Morgan fingerprint density at radius 3 is 2.57 bits per heavy atom. The van der Waals surface area contributed by atoms with Crippen molar-refractivity contribution in [2.75, 3.05) is 5.32 Å². The van der Waals surface area contributed by atoms with Gasteiger partial charge >= 0.3 is 0 Å². The molecule has 1 rings (SSSR count). The first-order valence-electron chi connectivity index (χ1n) is 6.96. The molecule has 0 aliphatic rings. The molecule has 0 aliphatic carbocycles. The Bertz CT molecular complexity index is 551. The van der Waals surface area contributed by atoms with Gasteiger partial charge in [0.1, 0.15) is 0 Å². The van der Waals surface area contributed by atoms with Gasteiger partial charge in [-0.05, 0) is 55.0 Å². The first kappa shape index (κ1) is 16.9. The molecule has 0 radical (unpaired) electrons. The number of rotatable bonds is 6. The molecule has 1 aromatic rings. The van der Waals surface area contributed by atoms with Crippen LogP contribution in [0.3, 0.4) is 0 Å². The highest BCUT2D eigenvalue weighted by Crippen LogP contribution is 2.17. The largest absolute Gasteiger partial charge is 0.339 e. The SMILES string of the molecule is C=C/C=C\C=C(/C)c1ccc(NC(=S)N/C=C\CC)cc1. The van der Waals surface area contributed by atoms with Crippen molar-refractivity contribution in [1.82, 2.24) is 5.32 Å². The molecule has 0 saturated carbocycles. The fourth-order valence-corrected chi connectivity index (χ4v) is 1.80. The zero-order valence-corrected chi connectivity index (χ0v) is 13.4. The molecule has 0 saturated heterocycles. The van der Waals surface area contributed by atoms with Crippen molar-refractivity contribution in [3.63, 3.8) is 0 Å². The van der Waals surface area contributed by atoms with Crippen LogP contribution >= 0.6 is 12.2 Å². The molecule has 3 heteroatoms. The molecule has 0 aromatic heterocycles. The predicted octanol–water partition coefficient (Wildman–Crippen LogP) is 5.04. The van der Waals surface area contributed by atoms with Gasteiger partial charge in [-0.25, -0.2) is 0 Å². The smallest absolute Gasteiger partial charge is 0.174 e. The van der Waals surface area contributed by atoms with Crippen molar-refractivity contribution in [3.05, 3.63) is 73.0 Å². The van der Waals surface area contributed by atoms with E-state index in [1.165, 1.54) is 11.1 Å². The quantitative estimate of drug-likeness (QED) is 0.568. The molecule has 21 heavy (non-hydrogen) atoms. The molecule has 0 spiro atoms. The van der Waals surface area contributed by atoms with Crippen LogP contribution in [-0.4, -0.2) is 5.11 Å². The third kappa shape index (κ3) is 6.72. The first-order chi connectivity index (χ1) is 10.2. The van der Waals surface area contributed by atoms with E-state index in [0.29, 0.717) is 5.11 Å². The summed E-state index contributed by atoms with van der Waals surface area (Å²) in [5, 5.41) is 6.75. The van der Waals surface area contributed by atoms with Crippen molar-refractivity contribution in [3.8, 4) is 0 Å². The maximum atomic E-state index is 5.20. The molecular weight excluding hydrogens is 276 g/mol. The molecule has 2 N–H and O–H groups in total. The zero-order valence-electron chi connectivity index (χ0n) is 12.6. The number of thiocarbonyl (C=S) groups is 1. The summed E-state index contributed by atoms with van der Waals surface area (Å²) in [6.45, 7) is 7.81. The highest BCUT2D eigenvalue weighted by molar-refractivity contribution is 7.80. The van der Waals surface area contributed by atoms with E-state index in [1.807, 2.05) is 36.6 Å². The lowest BCUT2D eigenvalue weighted by molar-refractivity contribution is 1.18. The fourth-order valence-electron chi connectivity index (χ4n) is 1.61. The van der Waals surface area contributed by atoms with E-state index in [4.69, 9.17) is 12.2 Å². The Morgan fingerprint density at radius 1 is 1.24 bits per heavy atom. The summed E-state index contributed by atoms with van der Waals surface area (Å²) >= 11 is 5.20. The minimum Gasteiger partial charge on any atom is -0.339 e. The fraction of sp³-hybridized carbons (Fsp3) is 0.167. The lowest BCUT2D eigenvalue weighted by Crippen LogP contribution is -2.23. The molecule has 0 aliphatic heterocycles. The van der Waals surface area contributed by atoms with Gasteiger partial charge < -0.3 is 10.6 Å². The van der Waals surface area contributed by atoms with Crippen molar-refractivity contribution < 1.29 is 0 Å². The summed E-state index contributed by atoms with van der Waals surface area (Å²) in [5.41, 5.74) is 3.35. The summed E-state index contributed by atoms with van der Waals surface area (Å²) < 4.78 is 0. The van der Waals surface area contributed by atoms with Gasteiger partial charge in [0.15, 0.2) is 5.11 Å². The van der Waals surface area contributed by atoms with Crippen molar-refractivity contribution in [1.29, 1.82) is 0 Å². The third-order valence-electron chi connectivity index (χ3n) is 2.76. The first-order valence-corrected chi connectivity index (χ1v) is 7.37. The van der Waals surface area contributed by atoms with Crippen LogP contribution in [0, 0.1) is 0 Å². The Morgan fingerprint density at radius 2 is 1.95 bits per heavy atom. The summed E-state index contributed by atoms with van der Waals surface area (Å²) in [5.74, 6) is 0. The number of nitrogens with one attached hydrogen (secondary N) is 2. The molecule has 0 fully saturated rings. The second-order valence-electron chi connectivity index (χ2n) is 4.46. The van der Waals surface area contributed by atoms with Gasteiger partial charge in [0.05, 0.1) is 0 Å². The van der Waals surface area contributed by atoms with E-state index in [-0.39, 0.29) is 0 Å². The van der Waals surface area contributed by atoms with E-state index >= 15 is 0 Å². The van der Waals surface area contributed by atoms with Crippen LogP contribution in [0.15, 0.2) is 67.4 Å².